The molecule has 0 bridgehead atoms. The molecule has 2 aromatic carbocycles. The largest absolute Gasteiger partial charge is 0.212 e. The van der Waals surface area contributed by atoms with Gasteiger partial charge >= 0.3 is 0 Å². The van der Waals surface area contributed by atoms with E-state index in [4.69, 9.17) is 0 Å². The zero-order chi connectivity index (χ0) is 15.7. The smallest absolute Gasteiger partial charge is 0.201 e. The third-order valence-corrected chi connectivity index (χ3v) is 4.24. The van der Waals surface area contributed by atoms with Gasteiger partial charge < -0.3 is 0 Å². The summed E-state index contributed by atoms with van der Waals surface area (Å²) in [5.41, 5.74) is 7.82. The zero-order valence-corrected chi connectivity index (χ0v) is 13.7. The molecule has 3 rings (SSSR count). The zero-order valence-electron chi connectivity index (χ0n) is 13.7. The molecule has 0 atom stereocenters. The molecule has 1 heteroatoms. The molecular formula is C21H22N+. The van der Waals surface area contributed by atoms with Gasteiger partial charge in [-0.3, -0.25) is 0 Å². The first-order valence-corrected chi connectivity index (χ1v) is 7.69. The minimum Gasteiger partial charge on any atom is -0.201 e. The Hall–Kier alpha value is -2.41. The number of benzene rings is 2. The standard InChI is InChI=1S/C21H22N/c1-15-13-16(2)19(17(3)14-15)10-9-18-11-12-22(4)21-8-6-5-7-20(18)21/h5-14H,1-4H3/q+1/b10-9+. The number of aryl methyl sites for hydroxylation is 4. The second-order valence-corrected chi connectivity index (χ2v) is 6.04. The third kappa shape index (κ3) is 2.67. The predicted octanol–water partition coefficient (Wildman–Crippen LogP) is 4.76. The maximum Gasteiger partial charge on any atom is 0.212 e. The topological polar surface area (TPSA) is 3.88 Å². The molecule has 0 N–H and O–H groups in total. The summed E-state index contributed by atoms with van der Waals surface area (Å²) in [7, 11) is 2.09. The summed E-state index contributed by atoms with van der Waals surface area (Å²) in [6, 6.07) is 15.2. The second kappa shape index (κ2) is 5.76. The van der Waals surface area contributed by atoms with E-state index < -0.39 is 0 Å². The molecule has 0 saturated carbocycles. The first kappa shape index (κ1) is 14.5. The van der Waals surface area contributed by atoms with Gasteiger partial charge in [-0.2, -0.15) is 0 Å². The summed E-state index contributed by atoms with van der Waals surface area (Å²) >= 11 is 0. The third-order valence-electron chi connectivity index (χ3n) is 4.24. The number of pyridine rings is 1. The van der Waals surface area contributed by atoms with Crippen molar-refractivity contribution in [1.29, 1.82) is 0 Å². The van der Waals surface area contributed by atoms with Crippen molar-refractivity contribution in [1.82, 2.24) is 0 Å². The van der Waals surface area contributed by atoms with Crippen molar-refractivity contribution in [2.75, 3.05) is 0 Å². The fourth-order valence-corrected chi connectivity index (χ4v) is 3.16. The summed E-state index contributed by atoms with van der Waals surface area (Å²) in [6.45, 7) is 6.52. The van der Waals surface area contributed by atoms with Gasteiger partial charge in [-0.25, -0.2) is 4.57 Å². The monoisotopic (exact) mass is 288 g/mol. The van der Waals surface area contributed by atoms with E-state index in [-0.39, 0.29) is 0 Å². The number of hydrogen-bond donors (Lipinski definition) is 0. The Bertz CT molecular complexity index is 849. The number of fused-ring (bicyclic) bond motifs is 1. The van der Waals surface area contributed by atoms with Crippen molar-refractivity contribution in [3.63, 3.8) is 0 Å². The van der Waals surface area contributed by atoms with E-state index in [1.54, 1.807) is 0 Å². The van der Waals surface area contributed by atoms with Crippen LogP contribution in [0.3, 0.4) is 0 Å². The van der Waals surface area contributed by atoms with Crippen LogP contribution in [0.5, 0.6) is 0 Å². The second-order valence-electron chi connectivity index (χ2n) is 6.04. The van der Waals surface area contributed by atoms with Gasteiger partial charge in [0.2, 0.25) is 5.52 Å². The van der Waals surface area contributed by atoms with Crippen LogP contribution in [0.2, 0.25) is 0 Å². The molecule has 22 heavy (non-hydrogen) atoms. The molecule has 0 radical (unpaired) electrons. The van der Waals surface area contributed by atoms with E-state index >= 15 is 0 Å². The number of hydrogen-bond acceptors (Lipinski definition) is 0. The quantitative estimate of drug-likeness (QED) is 0.599. The van der Waals surface area contributed by atoms with E-state index in [2.05, 4.69) is 93.2 Å². The number of nitrogens with zero attached hydrogens (tertiary/aromatic N) is 1. The highest BCUT2D eigenvalue weighted by Crippen LogP contribution is 2.21. The van der Waals surface area contributed by atoms with Crippen molar-refractivity contribution in [2.24, 2.45) is 7.05 Å². The predicted molar refractivity (Wildman–Crippen MR) is 94.7 cm³/mol. The first-order chi connectivity index (χ1) is 10.6. The summed E-state index contributed by atoms with van der Waals surface area (Å²) in [6.07, 6.45) is 6.59. The van der Waals surface area contributed by atoms with Gasteiger partial charge in [0.25, 0.3) is 0 Å². The van der Waals surface area contributed by atoms with Gasteiger partial charge in [0.15, 0.2) is 6.20 Å². The minimum absolute atomic E-state index is 1.25. The molecule has 1 heterocycles. The van der Waals surface area contributed by atoms with Crippen molar-refractivity contribution < 1.29 is 4.57 Å². The lowest BCUT2D eigenvalue weighted by molar-refractivity contribution is -0.644. The van der Waals surface area contributed by atoms with Crippen LogP contribution in [0, 0.1) is 20.8 Å². The van der Waals surface area contributed by atoms with E-state index in [1.165, 1.54) is 38.7 Å². The fourth-order valence-electron chi connectivity index (χ4n) is 3.16. The molecule has 0 aliphatic rings. The average molecular weight is 288 g/mol. The molecule has 0 fully saturated rings. The molecule has 0 aliphatic heterocycles. The van der Waals surface area contributed by atoms with Crippen molar-refractivity contribution in [2.45, 2.75) is 20.8 Å². The van der Waals surface area contributed by atoms with Crippen LogP contribution in [-0.4, -0.2) is 0 Å². The van der Waals surface area contributed by atoms with Gasteiger partial charge in [-0.1, -0.05) is 42.0 Å². The first-order valence-electron chi connectivity index (χ1n) is 7.69. The Morgan fingerprint density at radius 3 is 2.27 bits per heavy atom. The van der Waals surface area contributed by atoms with Crippen LogP contribution in [0.25, 0.3) is 23.1 Å². The molecule has 1 aromatic heterocycles. The highest BCUT2D eigenvalue weighted by Gasteiger charge is 2.07. The number of rotatable bonds is 2. The van der Waals surface area contributed by atoms with Crippen LogP contribution in [0.15, 0.2) is 48.7 Å². The molecule has 0 saturated heterocycles. The summed E-state index contributed by atoms with van der Waals surface area (Å²) < 4.78 is 2.16. The molecule has 0 amide bonds. The Kier molecular flexibility index (Phi) is 3.81. The Balaban J connectivity index is 2.09. The summed E-state index contributed by atoms with van der Waals surface area (Å²) in [4.78, 5) is 0. The average Bonchev–Trinajstić information content (AvgIpc) is 2.48. The van der Waals surface area contributed by atoms with Crippen molar-refractivity contribution >= 4 is 23.1 Å². The van der Waals surface area contributed by atoms with Gasteiger partial charge in [0.1, 0.15) is 7.05 Å². The van der Waals surface area contributed by atoms with Crippen LogP contribution >= 0.6 is 0 Å². The number of aromatic nitrogens is 1. The SMILES string of the molecule is Cc1cc(C)c(/C=C/c2cc[n+](C)c3ccccc23)c(C)c1. The molecule has 0 spiro atoms. The van der Waals surface area contributed by atoms with Gasteiger partial charge in [0, 0.05) is 12.1 Å². The summed E-state index contributed by atoms with van der Waals surface area (Å²) in [5.74, 6) is 0. The normalized spacial score (nSPS) is 11.5. The lowest BCUT2D eigenvalue weighted by atomic mass is 9.98. The highest BCUT2D eigenvalue weighted by atomic mass is 14.9. The van der Waals surface area contributed by atoms with Gasteiger partial charge in [-0.15, -0.1) is 0 Å². The van der Waals surface area contributed by atoms with Gasteiger partial charge in [0.05, 0.1) is 5.39 Å². The maximum atomic E-state index is 2.25. The maximum absolute atomic E-state index is 2.25. The molecule has 3 aromatic rings. The van der Waals surface area contributed by atoms with Crippen LogP contribution in [0.1, 0.15) is 27.8 Å². The van der Waals surface area contributed by atoms with E-state index in [9.17, 15) is 0 Å². The van der Waals surface area contributed by atoms with Gasteiger partial charge in [-0.05, 0) is 49.1 Å². The Morgan fingerprint density at radius 1 is 0.864 bits per heavy atom. The Labute approximate surface area is 132 Å². The van der Waals surface area contributed by atoms with Crippen LogP contribution in [-0.2, 0) is 7.05 Å². The van der Waals surface area contributed by atoms with Crippen LogP contribution < -0.4 is 4.57 Å². The highest BCUT2D eigenvalue weighted by molar-refractivity contribution is 5.89. The lowest BCUT2D eigenvalue weighted by Crippen LogP contribution is -2.28. The summed E-state index contributed by atoms with van der Waals surface area (Å²) in [5, 5.41) is 1.28. The molecule has 0 aliphatic carbocycles. The molecule has 0 unspecified atom stereocenters. The lowest BCUT2D eigenvalue weighted by Gasteiger charge is -2.07. The number of para-hydroxylation sites is 1. The van der Waals surface area contributed by atoms with E-state index in [1.807, 2.05) is 0 Å². The van der Waals surface area contributed by atoms with E-state index in [0.717, 1.165) is 0 Å². The molecular weight excluding hydrogens is 266 g/mol. The van der Waals surface area contributed by atoms with Crippen LogP contribution in [0.4, 0.5) is 0 Å². The fraction of sp³-hybridized carbons (Fsp3) is 0.190. The minimum atomic E-state index is 1.25. The molecule has 110 valence electrons. The van der Waals surface area contributed by atoms with E-state index in [0.29, 0.717) is 0 Å². The van der Waals surface area contributed by atoms with Crippen molar-refractivity contribution in [3.05, 3.63) is 76.5 Å². The Morgan fingerprint density at radius 2 is 1.55 bits per heavy atom. The molecule has 1 nitrogen and oxygen atoms in total. The van der Waals surface area contributed by atoms with Crippen molar-refractivity contribution in [3.8, 4) is 0 Å².